The second-order valence-electron chi connectivity index (χ2n) is 7.43. The lowest BCUT2D eigenvalue weighted by atomic mass is 9.97. The third kappa shape index (κ3) is 4.12. The lowest BCUT2D eigenvalue weighted by Crippen LogP contribution is -2.49. The van der Waals surface area contributed by atoms with E-state index in [-0.39, 0.29) is 23.7 Å². The zero-order valence-corrected chi connectivity index (χ0v) is 17.3. The number of nitrogens with zero attached hydrogens (tertiary/aromatic N) is 7. The molecule has 2 atom stereocenters. The van der Waals surface area contributed by atoms with Crippen molar-refractivity contribution in [1.29, 1.82) is 0 Å². The van der Waals surface area contributed by atoms with Crippen LogP contribution in [0.4, 0.5) is 18.9 Å². The SMILES string of the molecule is Cc1cnc(C=O)c(-n2nccn2)c1N1CCC[C@@H](Oc2cnc(C(F)(F)F)cn2)[C@@H]1C. The van der Waals surface area contributed by atoms with Crippen LogP contribution >= 0.6 is 0 Å². The summed E-state index contributed by atoms with van der Waals surface area (Å²) in [4.78, 5) is 26.5. The molecule has 0 bridgehead atoms. The number of aldehydes is 1. The van der Waals surface area contributed by atoms with Crippen molar-refractivity contribution < 1.29 is 22.7 Å². The largest absolute Gasteiger partial charge is 0.471 e. The van der Waals surface area contributed by atoms with E-state index in [0.717, 1.165) is 23.9 Å². The first kappa shape index (κ1) is 21.7. The minimum Gasteiger partial charge on any atom is -0.471 e. The summed E-state index contributed by atoms with van der Waals surface area (Å²) in [6.07, 6.45) is 3.44. The van der Waals surface area contributed by atoms with Crippen LogP contribution in [0.25, 0.3) is 5.69 Å². The Bertz CT molecular complexity index is 1090. The van der Waals surface area contributed by atoms with Crippen molar-refractivity contribution >= 4 is 12.0 Å². The van der Waals surface area contributed by atoms with E-state index >= 15 is 0 Å². The number of carbonyl (C=O) groups is 1. The Labute approximate surface area is 181 Å². The molecule has 0 aromatic carbocycles. The third-order valence-electron chi connectivity index (χ3n) is 5.36. The van der Waals surface area contributed by atoms with E-state index in [0.29, 0.717) is 31.1 Å². The Kier molecular flexibility index (Phi) is 5.76. The van der Waals surface area contributed by atoms with Crippen molar-refractivity contribution in [2.24, 2.45) is 0 Å². The molecule has 4 rings (SSSR count). The van der Waals surface area contributed by atoms with Crippen molar-refractivity contribution in [2.45, 2.75) is 45.0 Å². The van der Waals surface area contributed by atoms with Gasteiger partial charge in [0.05, 0.1) is 36.5 Å². The first-order chi connectivity index (χ1) is 15.3. The maximum absolute atomic E-state index is 12.7. The number of aryl methyl sites for hydroxylation is 1. The molecule has 1 aliphatic heterocycles. The van der Waals surface area contributed by atoms with Crippen molar-refractivity contribution in [2.75, 3.05) is 11.4 Å². The number of anilines is 1. The summed E-state index contributed by atoms with van der Waals surface area (Å²) in [6.45, 7) is 4.50. The Morgan fingerprint density at radius 3 is 2.47 bits per heavy atom. The van der Waals surface area contributed by atoms with Crippen LogP contribution in [-0.4, -0.2) is 54.9 Å². The van der Waals surface area contributed by atoms with E-state index in [1.54, 1.807) is 6.20 Å². The van der Waals surface area contributed by atoms with Crippen molar-refractivity contribution in [1.82, 2.24) is 29.9 Å². The van der Waals surface area contributed by atoms with Crippen LogP contribution in [0, 0.1) is 6.92 Å². The van der Waals surface area contributed by atoms with Crippen molar-refractivity contribution in [3.8, 4) is 11.6 Å². The van der Waals surface area contributed by atoms with Gasteiger partial charge in [-0.05, 0) is 32.3 Å². The molecule has 0 unspecified atom stereocenters. The van der Waals surface area contributed by atoms with Gasteiger partial charge in [0.15, 0.2) is 12.0 Å². The predicted molar refractivity (Wildman–Crippen MR) is 107 cm³/mol. The number of hydrogen-bond donors (Lipinski definition) is 0. The molecule has 4 heterocycles. The monoisotopic (exact) mass is 447 g/mol. The fourth-order valence-electron chi connectivity index (χ4n) is 3.83. The number of pyridine rings is 1. The van der Waals surface area contributed by atoms with Gasteiger partial charge in [-0.3, -0.25) is 9.78 Å². The number of carbonyl (C=O) groups excluding carboxylic acids is 1. The average Bonchev–Trinajstić information content (AvgIpc) is 3.29. The van der Waals surface area contributed by atoms with E-state index in [1.165, 1.54) is 17.2 Å². The van der Waals surface area contributed by atoms with Gasteiger partial charge in [-0.15, -0.1) is 4.80 Å². The molecule has 9 nitrogen and oxygen atoms in total. The number of piperidine rings is 1. The molecule has 0 spiro atoms. The van der Waals surface area contributed by atoms with E-state index < -0.39 is 11.9 Å². The number of aromatic nitrogens is 6. The molecule has 1 fully saturated rings. The summed E-state index contributed by atoms with van der Waals surface area (Å²) in [5, 5.41) is 8.34. The zero-order chi connectivity index (χ0) is 22.9. The summed E-state index contributed by atoms with van der Waals surface area (Å²) in [7, 11) is 0. The van der Waals surface area contributed by atoms with Gasteiger partial charge >= 0.3 is 6.18 Å². The van der Waals surface area contributed by atoms with Crippen LogP contribution in [0.15, 0.2) is 31.0 Å². The molecular weight excluding hydrogens is 427 g/mol. The number of ether oxygens (including phenoxy) is 1. The molecule has 168 valence electrons. The maximum Gasteiger partial charge on any atom is 0.434 e. The van der Waals surface area contributed by atoms with Crippen LogP contribution in [0.3, 0.4) is 0 Å². The van der Waals surface area contributed by atoms with Crippen LogP contribution in [-0.2, 0) is 6.18 Å². The van der Waals surface area contributed by atoms with Gasteiger partial charge in [0.1, 0.15) is 17.5 Å². The smallest absolute Gasteiger partial charge is 0.434 e. The highest BCUT2D eigenvalue weighted by atomic mass is 19.4. The Balaban J connectivity index is 1.64. The van der Waals surface area contributed by atoms with Crippen molar-refractivity contribution in [3.05, 3.63) is 47.9 Å². The maximum atomic E-state index is 12.7. The van der Waals surface area contributed by atoms with Crippen LogP contribution in [0.2, 0.25) is 0 Å². The number of hydrogen-bond acceptors (Lipinski definition) is 8. The number of halogens is 3. The van der Waals surface area contributed by atoms with Gasteiger partial charge in [-0.2, -0.15) is 23.4 Å². The second kappa shape index (κ2) is 8.52. The van der Waals surface area contributed by atoms with Gasteiger partial charge in [-0.25, -0.2) is 9.97 Å². The summed E-state index contributed by atoms with van der Waals surface area (Å²) >= 11 is 0. The molecule has 3 aromatic heterocycles. The zero-order valence-electron chi connectivity index (χ0n) is 17.3. The van der Waals surface area contributed by atoms with Crippen LogP contribution in [0.1, 0.15) is 41.5 Å². The molecule has 1 aliphatic rings. The molecule has 0 saturated carbocycles. The molecule has 0 aliphatic carbocycles. The third-order valence-corrected chi connectivity index (χ3v) is 5.36. The van der Waals surface area contributed by atoms with Gasteiger partial charge in [0, 0.05) is 12.7 Å². The fourth-order valence-corrected chi connectivity index (χ4v) is 3.83. The van der Waals surface area contributed by atoms with Crippen LogP contribution < -0.4 is 9.64 Å². The minimum atomic E-state index is -4.56. The fraction of sp³-hybridized carbons (Fsp3) is 0.400. The van der Waals surface area contributed by atoms with E-state index in [9.17, 15) is 18.0 Å². The van der Waals surface area contributed by atoms with Crippen LogP contribution in [0.5, 0.6) is 5.88 Å². The Hall–Kier alpha value is -3.57. The Morgan fingerprint density at radius 2 is 1.84 bits per heavy atom. The molecule has 1 saturated heterocycles. The molecule has 32 heavy (non-hydrogen) atoms. The summed E-state index contributed by atoms with van der Waals surface area (Å²) in [6, 6.07) is -0.192. The molecule has 3 aromatic rings. The highest BCUT2D eigenvalue weighted by Crippen LogP contribution is 2.35. The summed E-state index contributed by atoms with van der Waals surface area (Å²) in [5.74, 6) is 0.0192. The Morgan fingerprint density at radius 1 is 1.09 bits per heavy atom. The molecule has 0 radical (unpaired) electrons. The highest BCUT2D eigenvalue weighted by molar-refractivity contribution is 5.84. The van der Waals surface area contributed by atoms with Gasteiger partial charge in [0.25, 0.3) is 0 Å². The molecule has 0 amide bonds. The minimum absolute atomic E-state index is 0.0192. The second-order valence-corrected chi connectivity index (χ2v) is 7.43. The van der Waals surface area contributed by atoms with E-state index in [4.69, 9.17) is 4.74 Å². The first-order valence-corrected chi connectivity index (χ1v) is 9.93. The standard InChI is InChI=1S/C20H20F3N7O2/c1-12-8-24-14(11-31)19(30-27-5-6-28-30)18(12)29-7-3-4-15(13(29)2)32-17-10-25-16(9-26-17)20(21,22)23/h5-6,8-11,13,15H,3-4,7H2,1-2H3/t13-,15+/m0/s1. The van der Waals surface area contributed by atoms with Gasteiger partial charge in [0.2, 0.25) is 5.88 Å². The first-order valence-electron chi connectivity index (χ1n) is 9.93. The number of alkyl halides is 3. The highest BCUT2D eigenvalue weighted by Gasteiger charge is 2.35. The molecule has 12 heteroatoms. The molecule has 0 N–H and O–H groups in total. The van der Waals surface area contributed by atoms with E-state index in [1.807, 2.05) is 13.8 Å². The topological polar surface area (TPSA) is 98.9 Å². The summed E-state index contributed by atoms with van der Waals surface area (Å²) in [5.41, 5.74) is 1.16. The molecular formula is C20H20F3N7O2. The average molecular weight is 447 g/mol. The van der Waals surface area contributed by atoms with Gasteiger partial charge in [-0.1, -0.05) is 0 Å². The summed E-state index contributed by atoms with van der Waals surface area (Å²) < 4.78 is 44.1. The van der Waals surface area contributed by atoms with Gasteiger partial charge < -0.3 is 9.64 Å². The number of rotatable bonds is 5. The predicted octanol–water partition coefficient (Wildman–Crippen LogP) is 3.03. The lowest BCUT2D eigenvalue weighted by molar-refractivity contribution is -0.141. The lowest BCUT2D eigenvalue weighted by Gasteiger charge is -2.41. The van der Waals surface area contributed by atoms with Crippen molar-refractivity contribution in [3.63, 3.8) is 0 Å². The van der Waals surface area contributed by atoms with E-state index in [2.05, 4.69) is 30.0 Å². The normalized spacial score (nSPS) is 19.1. The quantitative estimate of drug-likeness (QED) is 0.551.